The molecule has 0 radical (unpaired) electrons. The van der Waals surface area contributed by atoms with E-state index in [1.807, 2.05) is 6.92 Å². The van der Waals surface area contributed by atoms with Crippen LogP contribution in [-0.4, -0.2) is 16.1 Å². The van der Waals surface area contributed by atoms with Gasteiger partial charge in [0.1, 0.15) is 5.69 Å². The van der Waals surface area contributed by atoms with E-state index in [4.69, 9.17) is 23.2 Å². The zero-order valence-electron chi connectivity index (χ0n) is 9.15. The lowest BCUT2D eigenvalue weighted by atomic mass is 10.1. The van der Waals surface area contributed by atoms with Crippen molar-refractivity contribution in [1.29, 1.82) is 0 Å². The fourth-order valence-corrected chi connectivity index (χ4v) is 1.97. The molecule has 0 atom stereocenters. The van der Waals surface area contributed by atoms with Gasteiger partial charge in [-0.3, -0.25) is 9.48 Å². The van der Waals surface area contributed by atoms with Gasteiger partial charge in [0.2, 0.25) is 0 Å². The van der Waals surface area contributed by atoms with Crippen molar-refractivity contribution >= 4 is 29.5 Å². The van der Waals surface area contributed by atoms with Gasteiger partial charge in [-0.25, -0.2) is 0 Å². The minimum atomic E-state index is 0.415. The smallest absolute Gasteiger partial charge is 0.153 e. The predicted octanol–water partition coefficient (Wildman–Crippen LogP) is 3.69. The zero-order valence-corrected chi connectivity index (χ0v) is 10.7. The van der Waals surface area contributed by atoms with Crippen molar-refractivity contribution in [3.05, 3.63) is 40.0 Å². The Morgan fingerprint density at radius 1 is 1.41 bits per heavy atom. The Morgan fingerprint density at radius 3 is 2.82 bits per heavy atom. The first-order chi connectivity index (χ1) is 8.17. The number of aromatic nitrogens is 2. The molecule has 3 nitrogen and oxygen atoms in total. The maximum absolute atomic E-state index is 11.0. The lowest BCUT2D eigenvalue weighted by molar-refractivity contribution is 0.112. The number of carbonyl (C=O) groups is 1. The Labute approximate surface area is 109 Å². The average molecular weight is 269 g/mol. The Hall–Kier alpha value is -1.32. The molecule has 0 saturated heterocycles. The van der Waals surface area contributed by atoms with Crippen molar-refractivity contribution in [2.75, 3.05) is 0 Å². The van der Waals surface area contributed by atoms with Gasteiger partial charge >= 0.3 is 0 Å². The van der Waals surface area contributed by atoms with E-state index in [-0.39, 0.29) is 0 Å². The van der Waals surface area contributed by atoms with E-state index < -0.39 is 0 Å². The van der Waals surface area contributed by atoms with Crippen molar-refractivity contribution in [3.8, 4) is 11.3 Å². The van der Waals surface area contributed by atoms with Crippen LogP contribution < -0.4 is 0 Å². The third-order valence-corrected chi connectivity index (χ3v) is 3.27. The van der Waals surface area contributed by atoms with E-state index in [1.54, 1.807) is 29.1 Å². The maximum atomic E-state index is 11.0. The third-order valence-electron chi connectivity index (χ3n) is 2.45. The second-order valence-electron chi connectivity index (χ2n) is 3.51. The molecule has 0 saturated carbocycles. The van der Waals surface area contributed by atoms with Crippen LogP contribution in [0.5, 0.6) is 0 Å². The fraction of sp³-hybridized carbons (Fsp3) is 0.167. The summed E-state index contributed by atoms with van der Waals surface area (Å²) >= 11 is 12.1. The van der Waals surface area contributed by atoms with Gasteiger partial charge in [-0.1, -0.05) is 35.3 Å². The normalized spacial score (nSPS) is 10.5. The standard InChI is InChI=1S/C12H10Cl2N2O/c1-2-16-6-8(7-17)12(15-16)9-4-3-5-10(13)11(9)14/h3-7H,2H2,1H3. The summed E-state index contributed by atoms with van der Waals surface area (Å²) in [5.41, 5.74) is 1.75. The van der Waals surface area contributed by atoms with Crippen LogP contribution in [0.15, 0.2) is 24.4 Å². The predicted molar refractivity (Wildman–Crippen MR) is 68.7 cm³/mol. The quantitative estimate of drug-likeness (QED) is 0.796. The molecule has 0 unspecified atom stereocenters. The van der Waals surface area contributed by atoms with Crippen molar-refractivity contribution in [3.63, 3.8) is 0 Å². The number of hydrogen-bond donors (Lipinski definition) is 0. The molecule has 0 aliphatic heterocycles. The first-order valence-electron chi connectivity index (χ1n) is 5.14. The molecule has 0 aliphatic carbocycles. The second kappa shape index (κ2) is 4.90. The van der Waals surface area contributed by atoms with E-state index in [0.717, 1.165) is 6.29 Å². The number of nitrogens with zero attached hydrogens (tertiary/aromatic N) is 2. The van der Waals surface area contributed by atoms with Gasteiger partial charge in [0, 0.05) is 18.3 Å². The van der Waals surface area contributed by atoms with E-state index >= 15 is 0 Å². The fourth-order valence-electron chi connectivity index (χ4n) is 1.58. The largest absolute Gasteiger partial charge is 0.298 e. The van der Waals surface area contributed by atoms with Gasteiger partial charge in [0.05, 0.1) is 15.6 Å². The van der Waals surface area contributed by atoms with Crippen molar-refractivity contribution in [2.45, 2.75) is 13.5 Å². The molecular weight excluding hydrogens is 259 g/mol. The minimum absolute atomic E-state index is 0.415. The monoisotopic (exact) mass is 268 g/mol. The molecule has 0 fully saturated rings. The van der Waals surface area contributed by atoms with Gasteiger partial charge < -0.3 is 0 Å². The highest BCUT2D eigenvalue weighted by Crippen LogP contribution is 2.33. The summed E-state index contributed by atoms with van der Waals surface area (Å²) in [7, 11) is 0. The summed E-state index contributed by atoms with van der Waals surface area (Å²) in [6.45, 7) is 2.64. The number of hydrogen-bond acceptors (Lipinski definition) is 2. The van der Waals surface area contributed by atoms with Crippen molar-refractivity contribution < 1.29 is 4.79 Å². The highest BCUT2D eigenvalue weighted by molar-refractivity contribution is 6.43. The highest BCUT2D eigenvalue weighted by Gasteiger charge is 2.14. The lowest BCUT2D eigenvalue weighted by Crippen LogP contribution is -1.94. The third kappa shape index (κ3) is 2.21. The summed E-state index contributed by atoms with van der Waals surface area (Å²) in [4.78, 5) is 11.0. The minimum Gasteiger partial charge on any atom is -0.298 e. The average Bonchev–Trinajstić information content (AvgIpc) is 2.76. The SMILES string of the molecule is CCn1cc(C=O)c(-c2cccc(Cl)c2Cl)n1. The van der Waals surface area contributed by atoms with E-state index in [1.165, 1.54) is 0 Å². The molecule has 0 amide bonds. The number of rotatable bonds is 3. The number of benzene rings is 1. The molecule has 0 N–H and O–H groups in total. The molecule has 5 heteroatoms. The number of halogens is 2. The molecule has 1 aromatic carbocycles. The van der Waals surface area contributed by atoms with Crippen molar-refractivity contribution in [1.82, 2.24) is 9.78 Å². The highest BCUT2D eigenvalue weighted by atomic mass is 35.5. The maximum Gasteiger partial charge on any atom is 0.153 e. The summed E-state index contributed by atoms with van der Waals surface area (Å²) in [5, 5.41) is 5.18. The summed E-state index contributed by atoms with van der Waals surface area (Å²) in [5.74, 6) is 0. The van der Waals surface area contributed by atoms with Crippen LogP contribution in [0, 0.1) is 0 Å². The molecular formula is C12H10Cl2N2O. The molecule has 88 valence electrons. The number of aryl methyl sites for hydroxylation is 1. The topological polar surface area (TPSA) is 34.9 Å². The van der Waals surface area contributed by atoms with Crippen LogP contribution in [-0.2, 0) is 6.54 Å². The van der Waals surface area contributed by atoms with Gasteiger partial charge in [-0.15, -0.1) is 0 Å². The summed E-state index contributed by atoms with van der Waals surface area (Å²) in [6, 6.07) is 5.28. The van der Waals surface area contributed by atoms with Gasteiger partial charge in [0.25, 0.3) is 0 Å². The Balaban J connectivity index is 2.63. The summed E-state index contributed by atoms with van der Waals surface area (Å²) in [6.07, 6.45) is 2.46. The van der Waals surface area contributed by atoms with Gasteiger partial charge in [0.15, 0.2) is 6.29 Å². The van der Waals surface area contributed by atoms with Crippen molar-refractivity contribution in [2.24, 2.45) is 0 Å². The zero-order chi connectivity index (χ0) is 12.4. The molecule has 2 rings (SSSR count). The van der Waals surface area contributed by atoms with Crippen LogP contribution in [0.1, 0.15) is 17.3 Å². The molecule has 0 spiro atoms. The van der Waals surface area contributed by atoms with Crippen LogP contribution in [0.3, 0.4) is 0 Å². The van der Waals surface area contributed by atoms with Crippen LogP contribution in [0.4, 0.5) is 0 Å². The first kappa shape index (κ1) is 12.1. The molecule has 17 heavy (non-hydrogen) atoms. The molecule has 1 heterocycles. The molecule has 1 aromatic heterocycles. The van der Waals surface area contributed by atoms with Crippen LogP contribution >= 0.6 is 23.2 Å². The molecule has 0 aliphatic rings. The Kier molecular flexibility index (Phi) is 3.50. The Bertz CT molecular complexity index is 564. The van der Waals surface area contributed by atoms with Crippen LogP contribution in [0.2, 0.25) is 10.0 Å². The lowest BCUT2D eigenvalue weighted by Gasteiger charge is -2.03. The van der Waals surface area contributed by atoms with E-state index in [0.29, 0.717) is 33.4 Å². The summed E-state index contributed by atoms with van der Waals surface area (Å²) < 4.78 is 1.69. The van der Waals surface area contributed by atoms with E-state index in [2.05, 4.69) is 5.10 Å². The second-order valence-corrected chi connectivity index (χ2v) is 4.29. The molecule has 0 bridgehead atoms. The van der Waals surface area contributed by atoms with E-state index in [9.17, 15) is 4.79 Å². The number of aldehydes is 1. The number of carbonyl (C=O) groups excluding carboxylic acids is 1. The first-order valence-corrected chi connectivity index (χ1v) is 5.90. The van der Waals surface area contributed by atoms with Gasteiger partial charge in [-0.05, 0) is 13.0 Å². The van der Waals surface area contributed by atoms with Crippen LogP contribution in [0.25, 0.3) is 11.3 Å². The molecule has 2 aromatic rings. The Morgan fingerprint density at radius 2 is 2.18 bits per heavy atom. The van der Waals surface area contributed by atoms with Gasteiger partial charge in [-0.2, -0.15) is 5.10 Å².